The Morgan fingerprint density at radius 2 is 2.40 bits per heavy atom. The summed E-state index contributed by atoms with van der Waals surface area (Å²) in [5.41, 5.74) is 4.18. The predicted molar refractivity (Wildman–Crippen MR) is 67.0 cm³/mol. The first-order valence-electron chi connectivity index (χ1n) is 4.36. The molecule has 1 N–H and O–H groups in total. The number of nitrogens with zero attached hydrogens (tertiary/aromatic N) is 1. The Hall–Kier alpha value is -0.980. The summed E-state index contributed by atoms with van der Waals surface area (Å²) in [6.45, 7) is 2.63. The summed E-state index contributed by atoms with van der Waals surface area (Å²) in [7, 11) is 0. The fourth-order valence-electron chi connectivity index (χ4n) is 1.00. The Kier molecular flexibility index (Phi) is 4.67. The van der Waals surface area contributed by atoms with Crippen LogP contribution in [-0.2, 0) is 0 Å². The fraction of sp³-hybridized carbons (Fsp3) is 0.182. The van der Waals surface area contributed by atoms with E-state index < -0.39 is 0 Å². The topological polar surface area (TPSA) is 35.8 Å². The number of rotatable bonds is 3. The van der Waals surface area contributed by atoms with E-state index in [0.29, 0.717) is 12.1 Å². The van der Waals surface area contributed by atoms with Crippen LogP contribution in [0.15, 0.2) is 33.8 Å². The van der Waals surface area contributed by atoms with Gasteiger partial charge in [-0.05, 0) is 46.6 Å². The van der Waals surface area contributed by atoms with Crippen molar-refractivity contribution in [2.24, 2.45) is 0 Å². The quantitative estimate of drug-likeness (QED) is 0.915. The fourth-order valence-corrected chi connectivity index (χ4v) is 1.60. The number of hydrogen-bond acceptors (Lipinski definition) is 2. The molecular formula is C11H10BrClN2. The summed E-state index contributed by atoms with van der Waals surface area (Å²) in [6, 6.07) is 7.50. The van der Waals surface area contributed by atoms with Gasteiger partial charge in [0.1, 0.15) is 0 Å². The van der Waals surface area contributed by atoms with E-state index in [-0.39, 0.29) is 0 Å². The molecule has 1 aromatic rings. The van der Waals surface area contributed by atoms with E-state index in [4.69, 9.17) is 16.9 Å². The second-order valence-electron chi connectivity index (χ2n) is 3.12. The molecule has 15 heavy (non-hydrogen) atoms. The van der Waals surface area contributed by atoms with Crippen molar-refractivity contribution in [2.75, 3.05) is 11.9 Å². The third-order valence-corrected chi connectivity index (χ3v) is 2.87. The van der Waals surface area contributed by atoms with Crippen LogP contribution >= 0.6 is 27.5 Å². The third-order valence-electron chi connectivity index (χ3n) is 1.84. The Balaban J connectivity index is 2.75. The first kappa shape index (κ1) is 12.1. The first-order valence-corrected chi connectivity index (χ1v) is 5.59. The minimum atomic E-state index is 0.636. The van der Waals surface area contributed by atoms with Gasteiger partial charge >= 0.3 is 0 Å². The van der Waals surface area contributed by atoms with Crippen molar-refractivity contribution in [3.05, 3.63) is 39.3 Å². The molecule has 0 saturated carbocycles. The van der Waals surface area contributed by atoms with Gasteiger partial charge in [-0.1, -0.05) is 11.6 Å². The molecule has 0 aromatic heterocycles. The Bertz CT molecular complexity index is 421. The lowest BCUT2D eigenvalue weighted by Crippen LogP contribution is -2.02. The van der Waals surface area contributed by atoms with Crippen LogP contribution in [0.5, 0.6) is 0 Å². The molecule has 0 heterocycles. The summed E-state index contributed by atoms with van der Waals surface area (Å²) in [5.74, 6) is 0. The maximum atomic E-state index is 8.69. The minimum absolute atomic E-state index is 0.636. The molecule has 0 spiro atoms. The van der Waals surface area contributed by atoms with E-state index in [2.05, 4.69) is 27.3 Å². The molecule has 78 valence electrons. The molecule has 0 bridgehead atoms. The normalized spacial score (nSPS) is 10.9. The largest absolute Gasteiger partial charge is 0.380 e. The van der Waals surface area contributed by atoms with E-state index in [1.54, 1.807) is 17.7 Å². The van der Waals surface area contributed by atoms with Crippen molar-refractivity contribution in [1.82, 2.24) is 0 Å². The highest BCUT2D eigenvalue weighted by Gasteiger charge is 2.00. The number of nitrogens with one attached hydrogen (secondary N) is 1. The van der Waals surface area contributed by atoms with Crippen molar-refractivity contribution < 1.29 is 0 Å². The van der Waals surface area contributed by atoms with Crippen LogP contribution in [0.25, 0.3) is 0 Å². The number of anilines is 1. The van der Waals surface area contributed by atoms with Gasteiger partial charge in [-0.25, -0.2) is 0 Å². The molecule has 2 nitrogen and oxygen atoms in total. The molecule has 0 saturated heterocycles. The molecule has 0 aliphatic rings. The van der Waals surface area contributed by atoms with Crippen LogP contribution in [0.1, 0.15) is 12.5 Å². The minimum Gasteiger partial charge on any atom is -0.380 e. The average Bonchev–Trinajstić information content (AvgIpc) is 2.26. The lowest BCUT2D eigenvalue weighted by molar-refractivity contribution is 1.21. The van der Waals surface area contributed by atoms with E-state index in [0.717, 1.165) is 15.7 Å². The average molecular weight is 286 g/mol. The number of benzene rings is 1. The van der Waals surface area contributed by atoms with Gasteiger partial charge in [-0.3, -0.25) is 0 Å². The summed E-state index contributed by atoms with van der Waals surface area (Å²) < 4.78 is 0.879. The summed E-state index contributed by atoms with van der Waals surface area (Å²) in [5, 5.41) is 11.9. The molecule has 0 aliphatic heterocycles. The van der Waals surface area contributed by atoms with Crippen molar-refractivity contribution in [2.45, 2.75) is 6.92 Å². The zero-order valence-corrected chi connectivity index (χ0v) is 10.6. The number of halogens is 2. The zero-order chi connectivity index (χ0) is 11.3. The van der Waals surface area contributed by atoms with Crippen LogP contribution in [0.4, 0.5) is 5.69 Å². The van der Waals surface area contributed by atoms with Gasteiger partial charge in [-0.2, -0.15) is 5.26 Å². The summed E-state index contributed by atoms with van der Waals surface area (Å²) >= 11 is 8.94. The lowest BCUT2D eigenvalue weighted by Gasteiger charge is -2.08. The van der Waals surface area contributed by atoms with Crippen LogP contribution in [0, 0.1) is 11.3 Å². The van der Waals surface area contributed by atoms with Crippen LogP contribution in [-0.4, -0.2) is 6.54 Å². The maximum Gasteiger partial charge on any atom is 0.0992 e. The number of nitriles is 1. The van der Waals surface area contributed by atoms with E-state index in [1.807, 2.05) is 13.0 Å². The third kappa shape index (κ3) is 3.58. The van der Waals surface area contributed by atoms with Crippen molar-refractivity contribution >= 4 is 33.2 Å². The molecule has 0 radical (unpaired) electrons. The highest BCUT2D eigenvalue weighted by atomic mass is 79.9. The monoisotopic (exact) mass is 284 g/mol. The molecule has 0 fully saturated rings. The van der Waals surface area contributed by atoms with Gasteiger partial charge in [0.15, 0.2) is 0 Å². The van der Waals surface area contributed by atoms with Crippen molar-refractivity contribution in [3.63, 3.8) is 0 Å². The zero-order valence-electron chi connectivity index (χ0n) is 8.22. The Labute approximate surface area is 103 Å². The summed E-state index contributed by atoms with van der Waals surface area (Å²) in [4.78, 5) is 0. The van der Waals surface area contributed by atoms with Crippen LogP contribution in [0.2, 0.25) is 0 Å². The van der Waals surface area contributed by atoms with E-state index in [9.17, 15) is 0 Å². The second kappa shape index (κ2) is 5.79. The first-order chi connectivity index (χ1) is 7.17. The second-order valence-corrected chi connectivity index (χ2v) is 4.19. The van der Waals surface area contributed by atoms with Gasteiger partial charge < -0.3 is 5.32 Å². The Morgan fingerprint density at radius 1 is 1.67 bits per heavy atom. The van der Waals surface area contributed by atoms with Crippen LogP contribution in [0.3, 0.4) is 0 Å². The van der Waals surface area contributed by atoms with Crippen LogP contribution < -0.4 is 5.32 Å². The molecule has 0 atom stereocenters. The van der Waals surface area contributed by atoms with Gasteiger partial charge in [0, 0.05) is 22.2 Å². The predicted octanol–water partition coefficient (Wildman–Crippen LogP) is 3.88. The molecule has 1 rings (SSSR count). The SMILES string of the molecule is C/C(=C/Cl)CNc1ccc(C#N)cc1Br. The molecule has 4 heteroatoms. The molecule has 1 aromatic carbocycles. The molecule has 0 unspecified atom stereocenters. The maximum absolute atomic E-state index is 8.69. The number of hydrogen-bond donors (Lipinski definition) is 1. The van der Waals surface area contributed by atoms with Crippen molar-refractivity contribution in [1.29, 1.82) is 5.26 Å². The smallest absolute Gasteiger partial charge is 0.0992 e. The lowest BCUT2D eigenvalue weighted by atomic mass is 10.2. The molecular weight excluding hydrogens is 275 g/mol. The van der Waals surface area contributed by atoms with Gasteiger partial charge in [0.25, 0.3) is 0 Å². The van der Waals surface area contributed by atoms with E-state index in [1.165, 1.54) is 0 Å². The Morgan fingerprint density at radius 3 is 2.93 bits per heavy atom. The van der Waals surface area contributed by atoms with Gasteiger partial charge in [0.05, 0.1) is 11.6 Å². The highest BCUT2D eigenvalue weighted by Crippen LogP contribution is 2.23. The molecule has 0 amide bonds. The highest BCUT2D eigenvalue weighted by molar-refractivity contribution is 9.10. The standard InChI is InChI=1S/C11H10BrClN2/c1-8(5-13)7-15-11-3-2-9(6-14)4-10(11)12/h2-5,15H,7H2,1H3/b8-5-. The molecule has 0 aliphatic carbocycles. The van der Waals surface area contributed by atoms with Crippen molar-refractivity contribution in [3.8, 4) is 6.07 Å². The summed E-state index contributed by atoms with van der Waals surface area (Å²) in [6.07, 6.45) is 0. The van der Waals surface area contributed by atoms with E-state index >= 15 is 0 Å². The van der Waals surface area contributed by atoms with Gasteiger partial charge in [-0.15, -0.1) is 0 Å². The van der Waals surface area contributed by atoms with Gasteiger partial charge in [0.2, 0.25) is 0 Å².